The van der Waals surface area contributed by atoms with Crippen LogP contribution in [0.1, 0.15) is 11.3 Å². The minimum absolute atomic E-state index is 0.0826. The van der Waals surface area contributed by atoms with Gasteiger partial charge in [-0.05, 0) is 30.7 Å². The molecule has 0 aliphatic rings. The molecule has 0 aliphatic heterocycles. The lowest BCUT2D eigenvalue weighted by Gasteiger charge is -2.10. The Bertz CT molecular complexity index is 661. The molecule has 1 aromatic heterocycles. The van der Waals surface area contributed by atoms with E-state index in [1.54, 1.807) is 31.2 Å². The van der Waals surface area contributed by atoms with Gasteiger partial charge in [-0.2, -0.15) is 0 Å². The zero-order valence-electron chi connectivity index (χ0n) is 10.7. The highest BCUT2D eigenvalue weighted by Gasteiger charge is 2.19. The molecule has 0 saturated heterocycles. The average molecular weight is 338 g/mol. The van der Waals surface area contributed by atoms with Gasteiger partial charge in [0, 0.05) is 10.5 Å². The molecule has 0 amide bonds. The molecular formula is C13H12BrN3O3. The van der Waals surface area contributed by atoms with Gasteiger partial charge in [-0.15, -0.1) is 0 Å². The molecule has 0 bridgehead atoms. The summed E-state index contributed by atoms with van der Waals surface area (Å²) in [6, 6.07) is 8.33. The maximum absolute atomic E-state index is 11.1. The summed E-state index contributed by atoms with van der Waals surface area (Å²) in [5.41, 5.74) is 6.78. The number of nitrogens with two attached hydrogens (primary N) is 1. The molecule has 104 valence electrons. The van der Waals surface area contributed by atoms with Crippen LogP contribution in [0.25, 0.3) is 0 Å². The summed E-state index contributed by atoms with van der Waals surface area (Å²) in [6.45, 7) is 1.87. The van der Waals surface area contributed by atoms with Crippen LogP contribution in [0.15, 0.2) is 34.8 Å². The van der Waals surface area contributed by atoms with Gasteiger partial charge >= 0.3 is 5.69 Å². The second-order valence-corrected chi connectivity index (χ2v) is 5.09. The van der Waals surface area contributed by atoms with Crippen LogP contribution in [-0.4, -0.2) is 9.91 Å². The Morgan fingerprint density at radius 1 is 1.45 bits per heavy atom. The Hall–Kier alpha value is -2.15. The van der Waals surface area contributed by atoms with Crippen molar-refractivity contribution in [2.45, 2.75) is 13.5 Å². The molecule has 0 unspecified atom stereocenters. The first-order valence-electron chi connectivity index (χ1n) is 5.76. The summed E-state index contributed by atoms with van der Waals surface area (Å²) >= 11 is 3.23. The van der Waals surface area contributed by atoms with Crippen LogP contribution in [0.3, 0.4) is 0 Å². The van der Waals surface area contributed by atoms with E-state index < -0.39 is 4.92 Å². The van der Waals surface area contributed by atoms with Crippen molar-refractivity contribution in [3.63, 3.8) is 0 Å². The van der Waals surface area contributed by atoms with Crippen molar-refractivity contribution < 1.29 is 9.66 Å². The van der Waals surface area contributed by atoms with Crippen LogP contribution in [0, 0.1) is 17.0 Å². The van der Waals surface area contributed by atoms with Gasteiger partial charge in [0.2, 0.25) is 5.75 Å². The number of hydrogen-bond donors (Lipinski definition) is 1. The quantitative estimate of drug-likeness (QED) is 0.683. The minimum Gasteiger partial charge on any atom is -0.480 e. The molecule has 20 heavy (non-hydrogen) atoms. The van der Waals surface area contributed by atoms with E-state index in [2.05, 4.69) is 20.9 Å². The van der Waals surface area contributed by atoms with Gasteiger partial charge in [0.25, 0.3) is 0 Å². The van der Waals surface area contributed by atoms with E-state index in [9.17, 15) is 10.1 Å². The summed E-state index contributed by atoms with van der Waals surface area (Å²) in [6.07, 6.45) is 0. The Kier molecular flexibility index (Phi) is 4.19. The van der Waals surface area contributed by atoms with E-state index >= 15 is 0 Å². The number of hydrogen-bond acceptors (Lipinski definition) is 5. The molecule has 1 aromatic carbocycles. The number of aryl methyl sites for hydroxylation is 1. The van der Waals surface area contributed by atoms with E-state index in [1.165, 1.54) is 6.07 Å². The first-order valence-corrected chi connectivity index (χ1v) is 6.55. The van der Waals surface area contributed by atoms with Crippen LogP contribution in [0.2, 0.25) is 0 Å². The number of ether oxygens (including phenoxy) is 1. The standard InChI is InChI=1S/C13H12BrN3O3/c1-8-5-9(14)6-11(17(18)19)13(8)20-7-10-3-2-4-12(15)16-10/h2-6H,7H2,1H3,(H2,15,16). The Morgan fingerprint density at radius 2 is 2.20 bits per heavy atom. The molecular weight excluding hydrogens is 326 g/mol. The largest absolute Gasteiger partial charge is 0.480 e. The van der Waals surface area contributed by atoms with Gasteiger partial charge in [-0.25, -0.2) is 4.98 Å². The fourth-order valence-corrected chi connectivity index (χ4v) is 2.32. The van der Waals surface area contributed by atoms with Crippen molar-refractivity contribution in [2.24, 2.45) is 0 Å². The van der Waals surface area contributed by atoms with Crippen molar-refractivity contribution in [2.75, 3.05) is 5.73 Å². The molecule has 6 nitrogen and oxygen atoms in total. The number of pyridine rings is 1. The number of halogens is 1. The highest BCUT2D eigenvalue weighted by atomic mass is 79.9. The molecule has 0 radical (unpaired) electrons. The smallest absolute Gasteiger partial charge is 0.312 e. The fourth-order valence-electron chi connectivity index (χ4n) is 1.76. The third-order valence-electron chi connectivity index (χ3n) is 2.61. The highest BCUT2D eigenvalue weighted by Crippen LogP contribution is 2.34. The number of rotatable bonds is 4. The number of anilines is 1. The summed E-state index contributed by atoms with van der Waals surface area (Å²) < 4.78 is 6.18. The lowest BCUT2D eigenvalue weighted by molar-refractivity contribution is -0.386. The molecule has 0 spiro atoms. The predicted octanol–water partition coefficient (Wildman–Crippen LogP) is 3.22. The number of nitro benzene ring substituents is 1. The highest BCUT2D eigenvalue weighted by molar-refractivity contribution is 9.10. The van der Waals surface area contributed by atoms with Crippen LogP contribution in [-0.2, 0) is 6.61 Å². The van der Waals surface area contributed by atoms with Gasteiger partial charge in [-0.1, -0.05) is 22.0 Å². The maximum atomic E-state index is 11.1. The first-order chi connectivity index (χ1) is 9.47. The molecule has 2 N–H and O–H groups in total. The van der Waals surface area contributed by atoms with Crippen molar-refractivity contribution in [1.29, 1.82) is 0 Å². The number of benzene rings is 1. The van der Waals surface area contributed by atoms with Gasteiger partial charge in [0.1, 0.15) is 12.4 Å². The van der Waals surface area contributed by atoms with Crippen molar-refractivity contribution in [1.82, 2.24) is 4.98 Å². The predicted molar refractivity (Wildman–Crippen MR) is 78.5 cm³/mol. The lowest BCUT2D eigenvalue weighted by Crippen LogP contribution is -2.03. The third-order valence-corrected chi connectivity index (χ3v) is 3.07. The van der Waals surface area contributed by atoms with E-state index in [0.717, 1.165) is 0 Å². The number of nitrogen functional groups attached to an aromatic ring is 1. The van der Waals surface area contributed by atoms with Crippen LogP contribution in [0.5, 0.6) is 5.75 Å². The van der Waals surface area contributed by atoms with Gasteiger partial charge in [-0.3, -0.25) is 10.1 Å². The zero-order valence-corrected chi connectivity index (χ0v) is 12.3. The SMILES string of the molecule is Cc1cc(Br)cc([N+](=O)[O-])c1OCc1cccc(N)n1. The average Bonchev–Trinajstić information content (AvgIpc) is 2.36. The van der Waals surface area contributed by atoms with Gasteiger partial charge in [0.05, 0.1) is 10.6 Å². The second kappa shape index (κ2) is 5.87. The molecule has 0 fully saturated rings. The third kappa shape index (κ3) is 3.24. The van der Waals surface area contributed by atoms with E-state index in [4.69, 9.17) is 10.5 Å². The van der Waals surface area contributed by atoms with E-state index in [-0.39, 0.29) is 18.0 Å². The molecule has 7 heteroatoms. The fraction of sp³-hybridized carbons (Fsp3) is 0.154. The van der Waals surface area contributed by atoms with Crippen molar-refractivity contribution in [3.05, 3.63) is 56.2 Å². The summed E-state index contributed by atoms with van der Waals surface area (Å²) in [7, 11) is 0. The van der Waals surface area contributed by atoms with Crippen LogP contribution in [0.4, 0.5) is 11.5 Å². The minimum atomic E-state index is -0.472. The van der Waals surface area contributed by atoms with Crippen molar-refractivity contribution in [3.8, 4) is 5.75 Å². The van der Waals surface area contributed by atoms with E-state index in [1.807, 2.05) is 0 Å². The number of nitro groups is 1. The Morgan fingerprint density at radius 3 is 2.85 bits per heavy atom. The molecule has 0 aliphatic carbocycles. The van der Waals surface area contributed by atoms with Crippen molar-refractivity contribution >= 4 is 27.4 Å². The first kappa shape index (κ1) is 14.3. The molecule has 1 heterocycles. The molecule has 2 aromatic rings. The van der Waals surface area contributed by atoms with E-state index in [0.29, 0.717) is 21.5 Å². The zero-order chi connectivity index (χ0) is 14.7. The molecule has 0 atom stereocenters. The van der Waals surface area contributed by atoms with Gasteiger partial charge in [0.15, 0.2) is 0 Å². The number of nitrogens with zero attached hydrogens (tertiary/aromatic N) is 2. The topological polar surface area (TPSA) is 91.3 Å². The number of aromatic nitrogens is 1. The Balaban J connectivity index is 2.27. The summed E-state index contributed by atoms with van der Waals surface area (Å²) in [5, 5.41) is 11.1. The lowest BCUT2D eigenvalue weighted by atomic mass is 10.2. The normalized spacial score (nSPS) is 10.3. The van der Waals surface area contributed by atoms with Gasteiger partial charge < -0.3 is 10.5 Å². The monoisotopic (exact) mass is 337 g/mol. The summed E-state index contributed by atoms with van der Waals surface area (Å²) in [4.78, 5) is 14.7. The Labute approximate surface area is 123 Å². The maximum Gasteiger partial charge on any atom is 0.312 e. The molecule has 0 saturated carbocycles. The van der Waals surface area contributed by atoms with Crippen LogP contribution < -0.4 is 10.5 Å². The van der Waals surface area contributed by atoms with Crippen LogP contribution >= 0.6 is 15.9 Å². The summed E-state index contributed by atoms with van der Waals surface area (Å²) in [5.74, 6) is 0.621. The second-order valence-electron chi connectivity index (χ2n) is 4.17. The molecule has 2 rings (SSSR count).